The van der Waals surface area contributed by atoms with Crippen LogP contribution >= 0.6 is 0 Å². The fourth-order valence-corrected chi connectivity index (χ4v) is 6.90. The summed E-state index contributed by atoms with van der Waals surface area (Å²) in [6, 6.07) is 62.5. The van der Waals surface area contributed by atoms with Gasteiger partial charge in [0.1, 0.15) is 5.75 Å². The van der Waals surface area contributed by atoms with Crippen LogP contribution in [0.3, 0.4) is 0 Å². The summed E-state index contributed by atoms with van der Waals surface area (Å²) in [6.45, 7) is 0. The molecule has 0 radical (unpaired) electrons. The number of methoxy groups -OCH3 is 1. The molecule has 0 aliphatic carbocycles. The maximum Gasteiger partial charge on any atom is 0.164 e. The molecule has 9 aromatic rings. The smallest absolute Gasteiger partial charge is 0.164 e. The van der Waals surface area contributed by atoms with Gasteiger partial charge in [-0.15, -0.1) is 0 Å². The van der Waals surface area contributed by atoms with Crippen molar-refractivity contribution in [3.63, 3.8) is 0 Å². The van der Waals surface area contributed by atoms with E-state index in [-0.39, 0.29) is 0 Å². The standard InChI is InChI=1S/C46H33N5O/c1-52-38-30-28-36(29-31-38)50(35-18-9-4-10-19-35)41-22-13-23-42-43(41)39-20-11-12-21-40(39)51(42)37-26-24-34(25-27-37)46-48-44(32-14-5-2-6-15-32)47-45(49-46)33-16-7-3-8-17-33/h2-31H,1H3. The summed E-state index contributed by atoms with van der Waals surface area (Å²) in [5, 5.41) is 2.34. The fourth-order valence-electron chi connectivity index (χ4n) is 6.90. The first-order chi connectivity index (χ1) is 25.7. The summed E-state index contributed by atoms with van der Waals surface area (Å²) in [4.78, 5) is 17.1. The number of fused-ring (bicyclic) bond motifs is 3. The number of rotatable bonds is 8. The van der Waals surface area contributed by atoms with Crippen LogP contribution in [-0.2, 0) is 0 Å². The number of hydrogen-bond acceptors (Lipinski definition) is 5. The molecule has 0 aliphatic heterocycles. The summed E-state index contributed by atoms with van der Waals surface area (Å²) >= 11 is 0. The van der Waals surface area contributed by atoms with E-state index in [4.69, 9.17) is 19.7 Å². The quantitative estimate of drug-likeness (QED) is 0.161. The van der Waals surface area contributed by atoms with Gasteiger partial charge >= 0.3 is 0 Å². The topological polar surface area (TPSA) is 56.1 Å². The molecule has 0 amide bonds. The second-order valence-corrected chi connectivity index (χ2v) is 12.5. The third-order valence-electron chi connectivity index (χ3n) is 9.34. The van der Waals surface area contributed by atoms with Crippen molar-refractivity contribution in [3.8, 4) is 45.6 Å². The molecule has 0 saturated heterocycles. The molecule has 0 aliphatic rings. The van der Waals surface area contributed by atoms with Gasteiger partial charge in [0.15, 0.2) is 17.5 Å². The monoisotopic (exact) mass is 671 g/mol. The number of hydrogen-bond donors (Lipinski definition) is 0. The highest BCUT2D eigenvalue weighted by Gasteiger charge is 2.21. The van der Waals surface area contributed by atoms with Crippen molar-refractivity contribution >= 4 is 38.9 Å². The minimum absolute atomic E-state index is 0.627. The average Bonchev–Trinajstić information content (AvgIpc) is 3.57. The third kappa shape index (κ3) is 5.62. The maximum absolute atomic E-state index is 5.50. The van der Waals surface area contributed by atoms with Gasteiger partial charge in [-0.3, -0.25) is 0 Å². The van der Waals surface area contributed by atoms with Crippen molar-refractivity contribution in [2.75, 3.05) is 12.0 Å². The van der Waals surface area contributed by atoms with Crippen LogP contribution in [0.1, 0.15) is 0 Å². The number of anilines is 3. The van der Waals surface area contributed by atoms with E-state index in [1.807, 2.05) is 78.9 Å². The van der Waals surface area contributed by atoms with Gasteiger partial charge < -0.3 is 14.2 Å². The molecule has 0 N–H and O–H groups in total. The Hall–Kier alpha value is -7.05. The first-order valence-corrected chi connectivity index (χ1v) is 17.2. The van der Waals surface area contributed by atoms with E-state index in [2.05, 4.69) is 113 Å². The molecule has 0 fully saturated rings. The predicted octanol–water partition coefficient (Wildman–Crippen LogP) is 11.4. The van der Waals surface area contributed by atoms with Gasteiger partial charge in [0, 0.05) is 44.5 Å². The van der Waals surface area contributed by atoms with Crippen LogP contribution in [0.15, 0.2) is 182 Å². The highest BCUT2D eigenvalue weighted by Crippen LogP contribution is 2.44. The van der Waals surface area contributed by atoms with E-state index in [1.54, 1.807) is 7.11 Å². The van der Waals surface area contributed by atoms with E-state index in [1.165, 1.54) is 10.8 Å². The highest BCUT2D eigenvalue weighted by atomic mass is 16.5. The highest BCUT2D eigenvalue weighted by molar-refractivity contribution is 6.16. The average molecular weight is 672 g/mol. The Morgan fingerprint density at radius 2 is 0.942 bits per heavy atom. The minimum atomic E-state index is 0.627. The molecular weight excluding hydrogens is 639 g/mol. The summed E-state index contributed by atoms with van der Waals surface area (Å²) in [6.07, 6.45) is 0. The molecule has 6 nitrogen and oxygen atoms in total. The third-order valence-corrected chi connectivity index (χ3v) is 9.34. The van der Waals surface area contributed by atoms with Crippen LogP contribution < -0.4 is 9.64 Å². The Labute approximate surface area is 301 Å². The number of benzene rings is 7. The zero-order valence-electron chi connectivity index (χ0n) is 28.5. The van der Waals surface area contributed by atoms with Crippen LogP contribution in [0.2, 0.25) is 0 Å². The number of nitrogens with zero attached hydrogens (tertiary/aromatic N) is 5. The Morgan fingerprint density at radius 3 is 1.54 bits per heavy atom. The molecule has 9 rings (SSSR count). The number of para-hydroxylation sites is 2. The van der Waals surface area contributed by atoms with Gasteiger partial charge in [0.2, 0.25) is 0 Å². The summed E-state index contributed by atoms with van der Waals surface area (Å²) in [5.41, 5.74) is 9.29. The predicted molar refractivity (Wildman–Crippen MR) is 212 cm³/mol. The number of ether oxygens (including phenoxy) is 1. The van der Waals surface area contributed by atoms with Crippen LogP contribution in [0, 0.1) is 0 Å². The zero-order chi connectivity index (χ0) is 34.9. The van der Waals surface area contributed by atoms with Crippen molar-refractivity contribution in [2.24, 2.45) is 0 Å². The minimum Gasteiger partial charge on any atom is -0.497 e. The van der Waals surface area contributed by atoms with Crippen LogP contribution in [0.4, 0.5) is 17.1 Å². The second kappa shape index (κ2) is 13.3. The fraction of sp³-hybridized carbons (Fsp3) is 0.0217. The van der Waals surface area contributed by atoms with Gasteiger partial charge in [-0.1, -0.05) is 103 Å². The van der Waals surface area contributed by atoms with E-state index in [0.29, 0.717) is 17.5 Å². The van der Waals surface area contributed by atoms with Gasteiger partial charge in [-0.2, -0.15) is 0 Å². The largest absolute Gasteiger partial charge is 0.497 e. The molecule has 6 heteroatoms. The molecule has 2 heterocycles. The molecule has 248 valence electrons. The van der Waals surface area contributed by atoms with Crippen molar-refractivity contribution in [3.05, 3.63) is 182 Å². The molecule has 0 bridgehead atoms. The lowest BCUT2D eigenvalue weighted by Gasteiger charge is -2.26. The van der Waals surface area contributed by atoms with E-state index in [0.717, 1.165) is 56.2 Å². The summed E-state index contributed by atoms with van der Waals surface area (Å²) in [5.74, 6) is 2.73. The lowest BCUT2D eigenvalue weighted by atomic mass is 10.1. The van der Waals surface area contributed by atoms with Crippen LogP contribution in [0.5, 0.6) is 5.75 Å². The van der Waals surface area contributed by atoms with Gasteiger partial charge in [0.05, 0.1) is 23.8 Å². The summed E-state index contributed by atoms with van der Waals surface area (Å²) < 4.78 is 7.84. The summed E-state index contributed by atoms with van der Waals surface area (Å²) in [7, 11) is 1.69. The van der Waals surface area contributed by atoms with Crippen molar-refractivity contribution in [2.45, 2.75) is 0 Å². The van der Waals surface area contributed by atoms with E-state index < -0.39 is 0 Å². The molecule has 0 atom stereocenters. The van der Waals surface area contributed by atoms with Gasteiger partial charge in [-0.25, -0.2) is 15.0 Å². The number of aromatic nitrogens is 4. The van der Waals surface area contributed by atoms with Crippen molar-refractivity contribution < 1.29 is 4.74 Å². The normalized spacial score (nSPS) is 11.2. The molecule has 0 spiro atoms. The lowest BCUT2D eigenvalue weighted by molar-refractivity contribution is 0.415. The van der Waals surface area contributed by atoms with Crippen molar-refractivity contribution in [1.29, 1.82) is 0 Å². The maximum atomic E-state index is 5.50. The molecule has 7 aromatic carbocycles. The first kappa shape index (κ1) is 31.0. The van der Waals surface area contributed by atoms with Crippen molar-refractivity contribution in [1.82, 2.24) is 19.5 Å². The van der Waals surface area contributed by atoms with E-state index in [9.17, 15) is 0 Å². The lowest BCUT2D eigenvalue weighted by Crippen LogP contribution is -2.10. The Balaban J connectivity index is 1.19. The zero-order valence-corrected chi connectivity index (χ0v) is 28.5. The van der Waals surface area contributed by atoms with Gasteiger partial charge in [0.25, 0.3) is 0 Å². The van der Waals surface area contributed by atoms with Gasteiger partial charge in [-0.05, 0) is 78.9 Å². The Morgan fingerprint density at radius 1 is 0.442 bits per heavy atom. The molecular formula is C46H33N5O. The Kier molecular flexibility index (Phi) is 7.95. The van der Waals surface area contributed by atoms with E-state index >= 15 is 0 Å². The van der Waals surface area contributed by atoms with Crippen LogP contribution in [-0.4, -0.2) is 26.6 Å². The molecule has 2 aromatic heterocycles. The Bertz CT molecular complexity index is 2580. The second-order valence-electron chi connectivity index (χ2n) is 12.5. The molecule has 0 saturated carbocycles. The molecule has 0 unspecified atom stereocenters. The van der Waals surface area contributed by atoms with Crippen LogP contribution in [0.25, 0.3) is 61.7 Å². The SMILES string of the molecule is COc1ccc(N(c2ccccc2)c2cccc3c2c2ccccc2n3-c2ccc(-c3nc(-c4ccccc4)nc(-c4ccccc4)n3)cc2)cc1. The first-order valence-electron chi connectivity index (χ1n) is 17.2. The molecule has 52 heavy (non-hydrogen) atoms.